The van der Waals surface area contributed by atoms with Crippen LogP contribution in [-0.4, -0.2) is 173 Å². The first kappa shape index (κ1) is 65.8. The number of carboxylic acid groups (broad SMARTS) is 1. The highest BCUT2D eigenvalue weighted by Gasteiger charge is 2.36. The summed E-state index contributed by atoms with van der Waals surface area (Å²) in [6, 6.07) is -12.1. The normalized spacial score (nSPS) is 25.7. The molecule has 73 heavy (non-hydrogen) atoms. The Bertz CT molecular complexity index is 1890. The van der Waals surface area contributed by atoms with Crippen molar-refractivity contribution < 1.29 is 53.4 Å². The number of nitrogens with one attached hydrogen (secondary N) is 8. The van der Waals surface area contributed by atoms with E-state index in [-0.39, 0.29) is 93.3 Å². The Balaban J connectivity index is 3.95. The van der Waals surface area contributed by atoms with Gasteiger partial charge in [-0.2, -0.15) is 11.8 Å². The first-order chi connectivity index (χ1) is 34.3. The largest absolute Gasteiger partial charge is 0.480 e. The number of aliphatic hydroxyl groups is 1. The predicted octanol–water partition coefficient (Wildman–Crippen LogP) is -3.34. The van der Waals surface area contributed by atoms with E-state index in [4.69, 9.17) is 28.7 Å². The Kier molecular flexibility index (Phi) is 31.6. The lowest BCUT2D eigenvalue weighted by atomic mass is 9.97. The molecule has 0 aromatic heterocycles. The number of nitrogens with zero attached hydrogens (tertiary/aromatic N) is 2. The van der Waals surface area contributed by atoms with Gasteiger partial charge in [-0.05, 0) is 74.7 Å². The summed E-state index contributed by atoms with van der Waals surface area (Å²) < 4.78 is 0. The van der Waals surface area contributed by atoms with Crippen molar-refractivity contribution in [1.29, 1.82) is 0 Å². The lowest BCUT2D eigenvalue weighted by Gasteiger charge is -2.29. The fourth-order valence-corrected chi connectivity index (χ4v) is 9.74. The summed E-state index contributed by atoms with van der Waals surface area (Å²) in [7, 11) is 2.04. The van der Waals surface area contributed by atoms with Gasteiger partial charge in [-0.15, -0.1) is 0 Å². The summed E-state index contributed by atoms with van der Waals surface area (Å²) in [6.07, 6.45) is 2.55. The number of carboxylic acids is 1. The molecule has 29 heteroatoms. The molecule has 0 aliphatic carbocycles. The molecule has 0 aromatic carbocycles. The minimum atomic E-state index is -1.68. The molecule has 0 bridgehead atoms. The van der Waals surface area contributed by atoms with Crippen molar-refractivity contribution in [3.8, 4) is 0 Å². The molecule has 1 aliphatic rings. The number of hydrogen-bond acceptors (Lipinski definition) is 16. The number of carbonyl (C=O) groups excluding carboxylic acids is 8. The van der Waals surface area contributed by atoms with E-state index >= 15 is 0 Å². The zero-order valence-corrected chi connectivity index (χ0v) is 45.4. The van der Waals surface area contributed by atoms with Gasteiger partial charge < -0.3 is 81.4 Å². The molecule has 0 aromatic rings. The molecule has 20 N–H and O–H groups in total. The number of amides is 8. The smallest absolute Gasteiger partial charge is 0.327 e. The number of thioether (sulfide) groups is 1. The number of carbonyl (C=O) groups is 9. The molecule has 1 aliphatic heterocycles. The van der Waals surface area contributed by atoms with E-state index in [1.807, 2.05) is 27.7 Å². The van der Waals surface area contributed by atoms with E-state index in [0.717, 1.165) is 21.6 Å². The maximum atomic E-state index is 14.3. The number of hydrogen-bond donors (Lipinski definition) is 15. The number of aliphatic imine (C=N–C) groups is 2. The van der Waals surface area contributed by atoms with Gasteiger partial charge in [0, 0.05) is 24.6 Å². The lowest BCUT2D eigenvalue weighted by molar-refractivity contribution is -0.142. The molecule has 0 saturated carbocycles. The molecule has 1 saturated heterocycles. The van der Waals surface area contributed by atoms with Crippen LogP contribution in [0, 0.1) is 17.8 Å². The number of rotatable bonds is 19. The Morgan fingerprint density at radius 1 is 0.603 bits per heavy atom. The molecule has 0 radical (unpaired) electrons. The van der Waals surface area contributed by atoms with Gasteiger partial charge in [-0.3, -0.25) is 48.3 Å². The zero-order valence-electron chi connectivity index (χ0n) is 42.9. The summed E-state index contributed by atoms with van der Waals surface area (Å²) in [5.74, 6) is -9.20. The average Bonchev–Trinajstić information content (AvgIpc) is 3.31. The van der Waals surface area contributed by atoms with Gasteiger partial charge in [-0.1, -0.05) is 69.6 Å². The predicted molar refractivity (Wildman–Crippen MR) is 284 cm³/mol. The lowest BCUT2D eigenvalue weighted by Crippen LogP contribution is -2.61. The van der Waals surface area contributed by atoms with Crippen LogP contribution in [0.3, 0.4) is 0 Å². The fourth-order valence-electron chi connectivity index (χ4n) is 6.99. The second-order valence-electron chi connectivity index (χ2n) is 18.4. The van der Waals surface area contributed by atoms with Gasteiger partial charge in [-0.25, -0.2) is 4.79 Å². The molecule has 10 atom stereocenters. The minimum absolute atomic E-state index is 0.0266. The fraction of sp³-hybridized carbons (Fsp3) is 0.750. The molecule has 416 valence electrons. The highest BCUT2D eigenvalue weighted by molar-refractivity contribution is 8.76. The van der Waals surface area contributed by atoms with Crippen LogP contribution in [0.4, 0.5) is 0 Å². The van der Waals surface area contributed by atoms with Gasteiger partial charge in [0.1, 0.15) is 48.3 Å². The average molecular weight is 1090 g/mol. The maximum Gasteiger partial charge on any atom is 0.327 e. The van der Waals surface area contributed by atoms with Crippen LogP contribution in [0.25, 0.3) is 0 Å². The zero-order chi connectivity index (χ0) is 55.4. The number of aliphatic hydroxyl groups excluding tert-OH is 1. The third-order valence-corrected chi connectivity index (χ3v) is 14.3. The summed E-state index contributed by atoms with van der Waals surface area (Å²) >= 11 is 1.36. The molecular weight excluding hydrogens is 1010 g/mol. The van der Waals surface area contributed by atoms with E-state index in [1.165, 1.54) is 11.8 Å². The Morgan fingerprint density at radius 2 is 1.00 bits per heavy atom. The third kappa shape index (κ3) is 26.0. The molecule has 0 unspecified atom stereocenters. The first-order valence-corrected chi connectivity index (χ1v) is 28.1. The van der Waals surface area contributed by atoms with Gasteiger partial charge in [0.25, 0.3) is 0 Å². The summed E-state index contributed by atoms with van der Waals surface area (Å²) in [4.78, 5) is 132. The van der Waals surface area contributed by atoms with Crippen LogP contribution in [0.15, 0.2) is 9.98 Å². The van der Waals surface area contributed by atoms with Crippen LogP contribution in [-0.2, 0) is 43.2 Å². The summed E-state index contributed by atoms with van der Waals surface area (Å²) in [5.41, 5.74) is 28.3. The van der Waals surface area contributed by atoms with Crippen molar-refractivity contribution in [2.75, 3.05) is 43.2 Å². The molecule has 1 heterocycles. The third-order valence-electron chi connectivity index (χ3n) is 11.2. The van der Waals surface area contributed by atoms with Crippen molar-refractivity contribution in [3.05, 3.63) is 0 Å². The van der Waals surface area contributed by atoms with Crippen LogP contribution >= 0.6 is 33.3 Å². The van der Waals surface area contributed by atoms with Crippen LogP contribution in [0.5, 0.6) is 0 Å². The molecular formula is C44H81N15O11S3. The van der Waals surface area contributed by atoms with E-state index < -0.39 is 120 Å². The van der Waals surface area contributed by atoms with Gasteiger partial charge in [0.2, 0.25) is 47.3 Å². The number of guanidine groups is 2. The second kappa shape index (κ2) is 35.0. The number of nitrogens with two attached hydrogens (primary N) is 5. The monoisotopic (exact) mass is 1090 g/mol. The van der Waals surface area contributed by atoms with Crippen LogP contribution in [0.1, 0.15) is 92.9 Å². The highest BCUT2D eigenvalue weighted by atomic mass is 33.1. The summed E-state index contributed by atoms with van der Waals surface area (Å²) in [5, 5.41) is 41.3. The van der Waals surface area contributed by atoms with Gasteiger partial charge in [0.05, 0.1) is 12.6 Å². The number of aliphatic carboxylic acids is 1. The Labute approximate surface area is 439 Å². The summed E-state index contributed by atoms with van der Waals surface area (Å²) in [6.45, 7) is 9.79. The highest BCUT2D eigenvalue weighted by Crippen LogP contribution is 2.23. The van der Waals surface area contributed by atoms with Crippen LogP contribution < -0.4 is 71.2 Å². The molecule has 0 spiro atoms. The molecule has 1 rings (SSSR count). The minimum Gasteiger partial charge on any atom is -0.480 e. The Morgan fingerprint density at radius 3 is 1.41 bits per heavy atom. The first-order valence-electron chi connectivity index (χ1n) is 24.2. The van der Waals surface area contributed by atoms with E-state index in [9.17, 15) is 53.4 Å². The van der Waals surface area contributed by atoms with Crippen molar-refractivity contribution in [2.24, 2.45) is 56.4 Å². The van der Waals surface area contributed by atoms with Crippen molar-refractivity contribution in [2.45, 2.75) is 147 Å². The SMILES string of the molecule is CC[C@H](C)[C@@H]1NC(=O)[C@H](CO)NC(=O)[C@H](CCCN=C(N)N)NC(=O)[C@H](CCSC)NC(=O)[C@H](CCCN=C(N)N)NC(=O)[C@H](CC(C)C)NC(=O)[C@H](CC(C)C)NC(=O)[C@@H](N)CSSC[C@@H](C(=O)O)NC1=O. The van der Waals surface area contributed by atoms with Crippen molar-refractivity contribution in [3.63, 3.8) is 0 Å². The van der Waals surface area contributed by atoms with Crippen molar-refractivity contribution >= 4 is 98.5 Å². The standard InChI is InChI=1S/C44H81N15O11S3/c1-8-24(6)33-41(68)58-32(42(69)70)21-73-72-20-25(45)34(61)55-29(17-22(2)3)39(66)56-30(18-23(4)5)38(65)53-26(11-9-14-50-43(46)47)35(62)54-28(13-16-71-7)37(64)52-27(12-10-15-51-44(48)49)36(63)57-31(19-60)40(67)59-33/h22-33,60H,8-21,45H2,1-7H3,(H,52,64)(H,53,65)(H,54,62)(H,55,61)(H,56,66)(H,57,63)(H,58,68)(H,59,67)(H,69,70)(H4,46,47,50)(H4,48,49,51)/t24-,25-,26-,27-,28-,29-,30-,31-,32-,33-/m0/s1. The molecule has 1 fully saturated rings. The van der Waals surface area contributed by atoms with E-state index in [2.05, 4.69) is 52.5 Å². The van der Waals surface area contributed by atoms with Crippen molar-refractivity contribution in [1.82, 2.24) is 42.5 Å². The maximum absolute atomic E-state index is 14.3. The molecule has 26 nitrogen and oxygen atoms in total. The van der Waals surface area contributed by atoms with E-state index in [0.29, 0.717) is 12.2 Å². The van der Waals surface area contributed by atoms with Crippen LogP contribution in [0.2, 0.25) is 0 Å². The Hall–Kier alpha value is -5.26. The quantitative estimate of drug-likeness (QED) is 0.0260. The van der Waals surface area contributed by atoms with Gasteiger partial charge in [0.15, 0.2) is 11.9 Å². The molecule has 8 amide bonds. The van der Waals surface area contributed by atoms with Gasteiger partial charge >= 0.3 is 5.97 Å². The second-order valence-corrected chi connectivity index (χ2v) is 22.0. The van der Waals surface area contributed by atoms with E-state index in [1.54, 1.807) is 20.1 Å². The topological polar surface area (TPSA) is 445 Å².